The fourth-order valence-electron chi connectivity index (χ4n) is 2.33. The van der Waals surface area contributed by atoms with Gasteiger partial charge in [0.05, 0.1) is 12.2 Å². The number of pyridine rings is 1. The topological polar surface area (TPSA) is 68.0 Å². The zero-order valence-electron chi connectivity index (χ0n) is 12.5. The molecule has 0 spiro atoms. The van der Waals surface area contributed by atoms with Gasteiger partial charge in [-0.1, -0.05) is 6.07 Å². The summed E-state index contributed by atoms with van der Waals surface area (Å²) in [5.74, 6) is 1.51. The second-order valence-corrected chi connectivity index (χ2v) is 5.93. The molecule has 0 atom stereocenters. The van der Waals surface area contributed by atoms with E-state index in [9.17, 15) is 0 Å². The number of fused-ring (bicyclic) bond motifs is 1. The molecule has 0 aliphatic carbocycles. The second-order valence-electron chi connectivity index (χ2n) is 5.15. The lowest BCUT2D eigenvalue weighted by Gasteiger charge is -2.06. The van der Waals surface area contributed by atoms with Gasteiger partial charge in [0, 0.05) is 16.6 Å². The summed E-state index contributed by atoms with van der Waals surface area (Å²) >= 11 is 1.63. The van der Waals surface area contributed by atoms with Crippen molar-refractivity contribution in [1.29, 1.82) is 0 Å². The Morgan fingerprint density at radius 3 is 2.91 bits per heavy atom. The van der Waals surface area contributed by atoms with Crippen LogP contribution in [-0.2, 0) is 6.54 Å². The average Bonchev–Trinajstić information content (AvgIpc) is 3.21. The van der Waals surface area contributed by atoms with E-state index in [1.807, 2.05) is 54.1 Å². The van der Waals surface area contributed by atoms with Gasteiger partial charge >= 0.3 is 0 Å². The molecule has 0 amide bonds. The Kier molecular flexibility index (Phi) is 3.47. The maximum absolute atomic E-state index is 4.59. The van der Waals surface area contributed by atoms with Crippen LogP contribution in [-0.4, -0.2) is 24.8 Å². The van der Waals surface area contributed by atoms with Crippen LogP contribution in [0.4, 0.5) is 5.82 Å². The smallest absolute Gasteiger partial charge is 0.186 e. The predicted molar refractivity (Wildman–Crippen MR) is 90.4 cm³/mol. The first-order valence-electron chi connectivity index (χ1n) is 7.21. The summed E-state index contributed by atoms with van der Waals surface area (Å²) in [5.41, 5.74) is 3.73. The van der Waals surface area contributed by atoms with E-state index < -0.39 is 0 Å². The normalized spacial score (nSPS) is 11.0. The van der Waals surface area contributed by atoms with Crippen molar-refractivity contribution in [3.05, 3.63) is 58.5 Å². The van der Waals surface area contributed by atoms with Crippen molar-refractivity contribution in [2.75, 3.05) is 5.32 Å². The summed E-state index contributed by atoms with van der Waals surface area (Å²) in [6.07, 6.45) is 0. The van der Waals surface area contributed by atoms with Crippen LogP contribution in [0.25, 0.3) is 17.0 Å². The number of nitrogens with zero attached hydrogens (tertiary/aromatic N) is 5. The van der Waals surface area contributed by atoms with Crippen LogP contribution < -0.4 is 5.32 Å². The summed E-state index contributed by atoms with van der Waals surface area (Å²) in [7, 11) is 0. The summed E-state index contributed by atoms with van der Waals surface area (Å²) < 4.78 is 1.76. The Bertz CT molecular complexity index is 944. The van der Waals surface area contributed by atoms with E-state index in [1.165, 1.54) is 0 Å². The highest BCUT2D eigenvalue weighted by molar-refractivity contribution is 7.08. The number of hydrogen-bond donors (Lipinski definition) is 1. The van der Waals surface area contributed by atoms with Gasteiger partial charge in [-0.15, -0.1) is 15.3 Å². The third-order valence-corrected chi connectivity index (χ3v) is 4.12. The van der Waals surface area contributed by atoms with E-state index in [2.05, 4.69) is 25.6 Å². The Labute approximate surface area is 136 Å². The monoisotopic (exact) mass is 322 g/mol. The van der Waals surface area contributed by atoms with Crippen LogP contribution >= 0.6 is 11.3 Å². The highest BCUT2D eigenvalue weighted by Gasteiger charge is 2.10. The first-order chi connectivity index (χ1) is 11.3. The number of anilines is 1. The van der Waals surface area contributed by atoms with Crippen LogP contribution in [0.15, 0.2) is 47.2 Å². The molecule has 0 unspecified atom stereocenters. The molecule has 0 aliphatic heterocycles. The van der Waals surface area contributed by atoms with Gasteiger partial charge in [0.2, 0.25) is 0 Å². The molecule has 0 aliphatic rings. The van der Waals surface area contributed by atoms with Crippen molar-refractivity contribution >= 4 is 22.8 Å². The highest BCUT2D eigenvalue weighted by Crippen LogP contribution is 2.20. The zero-order valence-corrected chi connectivity index (χ0v) is 13.3. The van der Waals surface area contributed by atoms with E-state index >= 15 is 0 Å². The van der Waals surface area contributed by atoms with Crippen LogP contribution in [0, 0.1) is 6.92 Å². The van der Waals surface area contributed by atoms with E-state index in [1.54, 1.807) is 15.9 Å². The molecule has 6 nitrogen and oxygen atoms in total. The van der Waals surface area contributed by atoms with E-state index in [0.29, 0.717) is 6.54 Å². The molecule has 114 valence electrons. The third-order valence-electron chi connectivity index (χ3n) is 3.44. The highest BCUT2D eigenvalue weighted by atomic mass is 32.1. The molecule has 0 fully saturated rings. The lowest BCUT2D eigenvalue weighted by Crippen LogP contribution is -2.06. The molecule has 4 heterocycles. The summed E-state index contributed by atoms with van der Waals surface area (Å²) in [6.45, 7) is 2.61. The number of aromatic nitrogens is 5. The molecule has 4 aromatic rings. The van der Waals surface area contributed by atoms with Crippen molar-refractivity contribution in [1.82, 2.24) is 24.8 Å². The second kappa shape index (κ2) is 5.77. The Hall–Kier alpha value is -2.80. The van der Waals surface area contributed by atoms with Crippen LogP contribution in [0.5, 0.6) is 0 Å². The SMILES string of the molecule is Cc1cccc(CNc2ccc3nnc(-c4ccsc4)n3n2)n1. The molecule has 4 rings (SSSR count). The average molecular weight is 322 g/mol. The number of nitrogens with one attached hydrogen (secondary N) is 1. The molecule has 4 aromatic heterocycles. The number of aryl methyl sites for hydroxylation is 1. The van der Waals surface area contributed by atoms with E-state index in [-0.39, 0.29) is 0 Å². The van der Waals surface area contributed by atoms with Gasteiger partial charge in [-0.05, 0) is 42.6 Å². The van der Waals surface area contributed by atoms with Gasteiger partial charge in [-0.3, -0.25) is 4.98 Å². The molecule has 7 heteroatoms. The van der Waals surface area contributed by atoms with Crippen LogP contribution in [0.1, 0.15) is 11.4 Å². The number of hydrogen-bond acceptors (Lipinski definition) is 6. The molecule has 0 saturated heterocycles. The minimum absolute atomic E-state index is 0.621. The first-order valence-corrected chi connectivity index (χ1v) is 8.15. The molecular weight excluding hydrogens is 308 g/mol. The number of rotatable bonds is 4. The maximum atomic E-state index is 4.59. The Morgan fingerprint density at radius 2 is 2.09 bits per heavy atom. The summed E-state index contributed by atoms with van der Waals surface area (Å²) in [4.78, 5) is 4.48. The quantitative estimate of drug-likeness (QED) is 0.625. The largest absolute Gasteiger partial charge is 0.363 e. The lowest BCUT2D eigenvalue weighted by atomic mass is 10.3. The van der Waals surface area contributed by atoms with Crippen molar-refractivity contribution in [3.8, 4) is 11.4 Å². The van der Waals surface area contributed by atoms with Crippen molar-refractivity contribution in [2.45, 2.75) is 13.5 Å². The third kappa shape index (κ3) is 2.78. The van der Waals surface area contributed by atoms with Crippen LogP contribution in [0.2, 0.25) is 0 Å². The molecule has 0 radical (unpaired) electrons. The van der Waals surface area contributed by atoms with Gasteiger partial charge in [0.25, 0.3) is 0 Å². The number of thiophene rings is 1. The van der Waals surface area contributed by atoms with E-state index in [0.717, 1.165) is 34.2 Å². The molecule has 0 saturated carbocycles. The Balaban J connectivity index is 1.62. The Morgan fingerprint density at radius 1 is 1.13 bits per heavy atom. The van der Waals surface area contributed by atoms with Gasteiger partial charge < -0.3 is 5.32 Å². The van der Waals surface area contributed by atoms with Crippen LogP contribution in [0.3, 0.4) is 0 Å². The van der Waals surface area contributed by atoms with Crippen molar-refractivity contribution in [2.24, 2.45) is 0 Å². The first kappa shape index (κ1) is 13.8. The fourth-order valence-corrected chi connectivity index (χ4v) is 2.97. The molecular formula is C16H14N6S. The molecule has 23 heavy (non-hydrogen) atoms. The molecule has 1 N–H and O–H groups in total. The minimum atomic E-state index is 0.621. The zero-order chi connectivity index (χ0) is 15.6. The summed E-state index contributed by atoms with van der Waals surface area (Å²) in [6, 6.07) is 11.8. The lowest BCUT2D eigenvalue weighted by molar-refractivity contribution is 0.916. The van der Waals surface area contributed by atoms with Gasteiger partial charge in [0.15, 0.2) is 11.5 Å². The van der Waals surface area contributed by atoms with Gasteiger partial charge in [0.1, 0.15) is 5.82 Å². The van der Waals surface area contributed by atoms with Crippen molar-refractivity contribution in [3.63, 3.8) is 0 Å². The van der Waals surface area contributed by atoms with Gasteiger partial charge in [-0.2, -0.15) is 15.9 Å². The predicted octanol–water partition coefficient (Wildman–Crippen LogP) is 3.17. The standard InChI is InChI=1S/C16H14N6S/c1-11-3-2-4-13(18-11)9-17-14-5-6-15-19-20-16(22(15)21-14)12-7-8-23-10-12/h2-8,10H,9H2,1H3,(H,17,21). The van der Waals surface area contributed by atoms with Gasteiger partial charge in [-0.25, -0.2) is 0 Å². The van der Waals surface area contributed by atoms with Crippen molar-refractivity contribution < 1.29 is 0 Å². The molecule has 0 bridgehead atoms. The fraction of sp³-hybridized carbons (Fsp3) is 0.125. The maximum Gasteiger partial charge on any atom is 0.186 e. The van der Waals surface area contributed by atoms with E-state index in [4.69, 9.17) is 0 Å². The minimum Gasteiger partial charge on any atom is -0.363 e. The molecule has 0 aromatic carbocycles. The summed E-state index contributed by atoms with van der Waals surface area (Å²) in [5, 5.41) is 20.3.